The molecule has 0 aliphatic carbocycles. The average Bonchev–Trinajstić information content (AvgIpc) is 3.05. The molecule has 19 heavy (non-hydrogen) atoms. The van der Waals surface area contributed by atoms with Crippen molar-refractivity contribution in [2.24, 2.45) is 0 Å². The number of aromatic nitrogens is 1. The number of amides is 1. The van der Waals surface area contributed by atoms with Crippen molar-refractivity contribution in [3.63, 3.8) is 0 Å². The maximum absolute atomic E-state index is 11.6. The van der Waals surface area contributed by atoms with Crippen molar-refractivity contribution < 1.29 is 14.7 Å². The Labute approximate surface area is 117 Å². The summed E-state index contributed by atoms with van der Waals surface area (Å²) in [6, 6.07) is 2.00. The largest absolute Gasteiger partial charge is 0.476 e. The number of carboxylic acids is 1. The maximum Gasteiger partial charge on any atom is 0.355 e. The van der Waals surface area contributed by atoms with Crippen molar-refractivity contribution in [2.45, 2.75) is 19.4 Å². The molecule has 2 N–H and O–H groups in total. The standard InChI is InChI=1S/C12H12N2O3S2/c15-10(2-1-8-3-4-18-6-8)13-5-11-14-9(7-19-11)12(16)17/h3-4,6-7H,1-2,5H2,(H,13,15)(H,16,17). The average molecular weight is 296 g/mol. The second-order valence-corrected chi connectivity index (χ2v) is 5.56. The Morgan fingerprint density at radius 1 is 1.37 bits per heavy atom. The first-order valence-corrected chi connectivity index (χ1v) is 7.43. The van der Waals surface area contributed by atoms with Gasteiger partial charge in [0.15, 0.2) is 5.69 Å². The van der Waals surface area contributed by atoms with Gasteiger partial charge < -0.3 is 10.4 Å². The molecule has 5 nitrogen and oxygen atoms in total. The summed E-state index contributed by atoms with van der Waals surface area (Å²) in [4.78, 5) is 26.1. The van der Waals surface area contributed by atoms with Crippen LogP contribution in [0.2, 0.25) is 0 Å². The normalized spacial score (nSPS) is 10.3. The van der Waals surface area contributed by atoms with E-state index in [9.17, 15) is 9.59 Å². The highest BCUT2D eigenvalue weighted by Gasteiger charge is 2.09. The van der Waals surface area contributed by atoms with Crippen LogP contribution >= 0.6 is 22.7 Å². The Morgan fingerprint density at radius 2 is 2.21 bits per heavy atom. The molecule has 2 aromatic heterocycles. The van der Waals surface area contributed by atoms with Crippen LogP contribution in [0.5, 0.6) is 0 Å². The van der Waals surface area contributed by atoms with E-state index in [0.29, 0.717) is 17.8 Å². The third-order valence-electron chi connectivity index (χ3n) is 2.43. The predicted octanol–water partition coefficient (Wildman–Crippen LogP) is 2.15. The fourth-order valence-corrected chi connectivity index (χ4v) is 2.86. The molecule has 0 saturated heterocycles. The number of carbonyl (C=O) groups excluding carboxylic acids is 1. The highest BCUT2D eigenvalue weighted by molar-refractivity contribution is 7.09. The zero-order chi connectivity index (χ0) is 13.7. The molecular formula is C12H12N2O3S2. The highest BCUT2D eigenvalue weighted by Crippen LogP contribution is 2.10. The van der Waals surface area contributed by atoms with Gasteiger partial charge in [-0.3, -0.25) is 4.79 Å². The van der Waals surface area contributed by atoms with E-state index in [1.807, 2.05) is 16.8 Å². The van der Waals surface area contributed by atoms with Crippen LogP contribution in [0.25, 0.3) is 0 Å². The molecule has 2 rings (SSSR count). The molecule has 2 aromatic rings. The Bertz CT molecular complexity index is 563. The van der Waals surface area contributed by atoms with Crippen molar-refractivity contribution >= 4 is 34.6 Å². The van der Waals surface area contributed by atoms with Crippen LogP contribution in [0.4, 0.5) is 0 Å². The number of thiazole rings is 1. The lowest BCUT2D eigenvalue weighted by atomic mass is 10.2. The first-order chi connectivity index (χ1) is 9.15. The minimum Gasteiger partial charge on any atom is -0.476 e. The van der Waals surface area contributed by atoms with Crippen LogP contribution in [0.15, 0.2) is 22.2 Å². The number of aryl methyl sites for hydroxylation is 1. The number of hydrogen-bond donors (Lipinski definition) is 2. The molecule has 0 spiro atoms. The van der Waals surface area contributed by atoms with Gasteiger partial charge in [0.2, 0.25) is 5.91 Å². The lowest BCUT2D eigenvalue weighted by molar-refractivity contribution is -0.121. The Balaban J connectivity index is 1.75. The zero-order valence-electron chi connectivity index (χ0n) is 9.96. The molecule has 0 unspecified atom stereocenters. The number of rotatable bonds is 6. The summed E-state index contributed by atoms with van der Waals surface area (Å²) >= 11 is 2.84. The molecule has 0 aliphatic heterocycles. The smallest absolute Gasteiger partial charge is 0.355 e. The summed E-state index contributed by atoms with van der Waals surface area (Å²) in [6.45, 7) is 0.278. The summed E-state index contributed by atoms with van der Waals surface area (Å²) in [7, 11) is 0. The second kappa shape index (κ2) is 6.44. The summed E-state index contributed by atoms with van der Waals surface area (Å²) < 4.78 is 0. The quantitative estimate of drug-likeness (QED) is 0.856. The lowest BCUT2D eigenvalue weighted by Gasteiger charge is -2.02. The van der Waals surface area contributed by atoms with Crippen molar-refractivity contribution in [3.8, 4) is 0 Å². The number of nitrogens with one attached hydrogen (secondary N) is 1. The molecule has 1 amide bonds. The number of nitrogens with zero attached hydrogens (tertiary/aromatic N) is 1. The number of carbonyl (C=O) groups is 2. The number of thiophene rings is 1. The van der Waals surface area contributed by atoms with Gasteiger partial charge in [0.25, 0.3) is 0 Å². The fourth-order valence-electron chi connectivity index (χ4n) is 1.45. The van der Waals surface area contributed by atoms with Crippen molar-refractivity contribution in [1.82, 2.24) is 10.3 Å². The van der Waals surface area contributed by atoms with Crippen LogP contribution in [-0.4, -0.2) is 22.0 Å². The summed E-state index contributed by atoms with van der Waals surface area (Å²) in [5.74, 6) is -1.11. The molecule has 2 heterocycles. The molecule has 0 aromatic carbocycles. The Kier molecular flexibility index (Phi) is 4.64. The zero-order valence-corrected chi connectivity index (χ0v) is 11.6. The van der Waals surface area contributed by atoms with E-state index < -0.39 is 5.97 Å². The van der Waals surface area contributed by atoms with Crippen LogP contribution in [0.1, 0.15) is 27.5 Å². The third kappa shape index (κ3) is 4.15. The molecule has 0 fully saturated rings. The SMILES string of the molecule is O=C(CCc1ccsc1)NCc1nc(C(=O)O)cs1. The van der Waals surface area contributed by atoms with E-state index in [1.165, 1.54) is 16.7 Å². The van der Waals surface area contributed by atoms with Crippen molar-refractivity contribution in [1.29, 1.82) is 0 Å². The molecule has 0 saturated carbocycles. The monoisotopic (exact) mass is 296 g/mol. The van der Waals surface area contributed by atoms with Gasteiger partial charge in [0.05, 0.1) is 6.54 Å². The fraction of sp³-hybridized carbons (Fsp3) is 0.250. The van der Waals surface area contributed by atoms with Gasteiger partial charge in [-0.1, -0.05) is 0 Å². The van der Waals surface area contributed by atoms with Crippen LogP contribution in [0, 0.1) is 0 Å². The second-order valence-electron chi connectivity index (χ2n) is 3.84. The van der Waals surface area contributed by atoms with Gasteiger partial charge in [-0.2, -0.15) is 11.3 Å². The minimum atomic E-state index is -1.05. The van der Waals surface area contributed by atoms with Gasteiger partial charge in [0, 0.05) is 11.8 Å². The summed E-state index contributed by atoms with van der Waals surface area (Å²) in [5.41, 5.74) is 1.18. The maximum atomic E-state index is 11.6. The van der Waals surface area contributed by atoms with E-state index in [1.54, 1.807) is 11.3 Å². The molecule has 0 bridgehead atoms. The van der Waals surface area contributed by atoms with Gasteiger partial charge >= 0.3 is 5.97 Å². The molecule has 7 heteroatoms. The topological polar surface area (TPSA) is 79.3 Å². The van der Waals surface area contributed by atoms with Crippen molar-refractivity contribution in [2.75, 3.05) is 0 Å². The first-order valence-electron chi connectivity index (χ1n) is 5.60. The molecule has 0 aliphatic rings. The highest BCUT2D eigenvalue weighted by atomic mass is 32.1. The number of aromatic carboxylic acids is 1. The molecular weight excluding hydrogens is 284 g/mol. The molecule has 100 valence electrons. The Morgan fingerprint density at radius 3 is 2.84 bits per heavy atom. The van der Waals surface area contributed by atoms with Crippen LogP contribution in [0.3, 0.4) is 0 Å². The Hall–Kier alpha value is -1.73. The number of hydrogen-bond acceptors (Lipinski definition) is 5. The van der Waals surface area contributed by atoms with Gasteiger partial charge in [0.1, 0.15) is 5.01 Å². The van der Waals surface area contributed by atoms with Gasteiger partial charge in [-0.15, -0.1) is 11.3 Å². The third-order valence-corrected chi connectivity index (χ3v) is 4.01. The predicted molar refractivity (Wildman–Crippen MR) is 73.6 cm³/mol. The van der Waals surface area contributed by atoms with Gasteiger partial charge in [-0.05, 0) is 28.8 Å². The summed E-state index contributed by atoms with van der Waals surface area (Å²) in [5, 5.41) is 17.5. The molecule has 0 atom stereocenters. The minimum absolute atomic E-state index is 0.0209. The van der Waals surface area contributed by atoms with Crippen LogP contribution < -0.4 is 5.32 Å². The summed E-state index contributed by atoms with van der Waals surface area (Å²) in [6.07, 6.45) is 1.14. The van der Waals surface area contributed by atoms with E-state index in [2.05, 4.69) is 10.3 Å². The van der Waals surface area contributed by atoms with E-state index in [-0.39, 0.29) is 18.1 Å². The van der Waals surface area contributed by atoms with E-state index >= 15 is 0 Å². The number of carboxylic acid groups (broad SMARTS) is 1. The van der Waals surface area contributed by atoms with Gasteiger partial charge in [-0.25, -0.2) is 9.78 Å². The van der Waals surface area contributed by atoms with Crippen molar-refractivity contribution in [3.05, 3.63) is 38.5 Å². The van der Waals surface area contributed by atoms with E-state index in [0.717, 1.165) is 5.56 Å². The van der Waals surface area contributed by atoms with Crippen LogP contribution in [-0.2, 0) is 17.8 Å². The van der Waals surface area contributed by atoms with E-state index in [4.69, 9.17) is 5.11 Å². The lowest BCUT2D eigenvalue weighted by Crippen LogP contribution is -2.22. The first kappa shape index (κ1) is 13.7. The molecule has 0 radical (unpaired) electrons.